The van der Waals surface area contributed by atoms with Gasteiger partial charge in [-0.3, -0.25) is 4.79 Å². The van der Waals surface area contributed by atoms with Gasteiger partial charge < -0.3 is 9.80 Å². The van der Waals surface area contributed by atoms with Gasteiger partial charge in [-0.15, -0.1) is 11.8 Å². The van der Waals surface area contributed by atoms with E-state index in [1.54, 1.807) is 11.8 Å². The molecule has 16 heavy (non-hydrogen) atoms. The number of likely N-dealkylation sites (N-methyl/N-ethyl adjacent to an activating group) is 1. The Morgan fingerprint density at radius 2 is 2.12 bits per heavy atom. The molecular formula is C12H16N2OS. The molecule has 0 aliphatic carbocycles. The predicted molar refractivity (Wildman–Crippen MR) is 68.1 cm³/mol. The van der Waals surface area contributed by atoms with E-state index in [2.05, 4.69) is 11.0 Å². The fraction of sp³-hybridized carbons (Fsp3) is 0.417. The van der Waals surface area contributed by atoms with E-state index >= 15 is 0 Å². The second kappa shape index (κ2) is 4.89. The summed E-state index contributed by atoms with van der Waals surface area (Å²) >= 11 is 1.63. The van der Waals surface area contributed by atoms with Gasteiger partial charge in [-0.1, -0.05) is 12.1 Å². The number of thioether (sulfide) groups is 1. The van der Waals surface area contributed by atoms with Gasteiger partial charge in [0.2, 0.25) is 5.91 Å². The van der Waals surface area contributed by atoms with Crippen molar-refractivity contribution in [1.29, 1.82) is 0 Å². The van der Waals surface area contributed by atoms with Crippen molar-refractivity contribution in [2.45, 2.75) is 4.90 Å². The van der Waals surface area contributed by atoms with Gasteiger partial charge in [0.05, 0.1) is 11.4 Å². The predicted octanol–water partition coefficient (Wildman–Crippen LogP) is 1.69. The summed E-state index contributed by atoms with van der Waals surface area (Å²) in [7, 11) is 4.05. The minimum Gasteiger partial charge on any atom is -0.309 e. The van der Waals surface area contributed by atoms with Gasteiger partial charge in [0, 0.05) is 18.0 Å². The lowest BCUT2D eigenvalue weighted by molar-refractivity contribution is -0.116. The van der Waals surface area contributed by atoms with Crippen molar-refractivity contribution in [1.82, 2.24) is 4.90 Å². The molecule has 0 spiro atoms. The lowest BCUT2D eigenvalue weighted by Gasteiger charge is -2.29. The van der Waals surface area contributed by atoms with Gasteiger partial charge >= 0.3 is 0 Å². The van der Waals surface area contributed by atoms with E-state index < -0.39 is 0 Å². The van der Waals surface area contributed by atoms with Crippen LogP contribution in [0.3, 0.4) is 0 Å². The Kier molecular flexibility index (Phi) is 3.51. The van der Waals surface area contributed by atoms with E-state index in [1.807, 2.05) is 37.2 Å². The summed E-state index contributed by atoms with van der Waals surface area (Å²) in [6.45, 7) is 1.66. The monoisotopic (exact) mass is 236 g/mol. The van der Waals surface area contributed by atoms with Crippen LogP contribution in [0.15, 0.2) is 29.2 Å². The molecule has 0 N–H and O–H groups in total. The minimum absolute atomic E-state index is 0.213. The molecule has 0 atom stereocenters. The summed E-state index contributed by atoms with van der Waals surface area (Å²) in [5, 5.41) is 0. The van der Waals surface area contributed by atoms with Crippen molar-refractivity contribution in [2.24, 2.45) is 0 Å². The minimum atomic E-state index is 0.213. The van der Waals surface area contributed by atoms with Crippen LogP contribution in [-0.2, 0) is 4.79 Å². The molecule has 0 fully saturated rings. The number of carbonyl (C=O) groups is 1. The number of fused-ring (bicyclic) bond motifs is 1. The summed E-state index contributed by atoms with van der Waals surface area (Å²) < 4.78 is 0. The first-order valence-electron chi connectivity index (χ1n) is 5.35. The number of rotatable bonds is 3. The molecular weight excluding hydrogens is 220 g/mol. The van der Waals surface area contributed by atoms with Crippen molar-refractivity contribution >= 4 is 23.4 Å². The molecule has 1 aliphatic heterocycles. The SMILES string of the molecule is CN(C)CCN1C(=O)CSc2ccccc21. The molecule has 0 aromatic heterocycles. The molecule has 1 heterocycles. The lowest BCUT2D eigenvalue weighted by Crippen LogP contribution is -2.39. The lowest BCUT2D eigenvalue weighted by atomic mass is 10.2. The van der Waals surface area contributed by atoms with Gasteiger partial charge in [0.1, 0.15) is 0 Å². The molecule has 1 aliphatic rings. The normalized spacial score (nSPS) is 15.4. The molecule has 1 amide bonds. The Morgan fingerprint density at radius 1 is 1.38 bits per heavy atom. The Bertz CT molecular complexity index is 392. The average molecular weight is 236 g/mol. The van der Waals surface area contributed by atoms with Crippen LogP contribution in [0.5, 0.6) is 0 Å². The molecule has 3 nitrogen and oxygen atoms in total. The van der Waals surface area contributed by atoms with E-state index in [0.717, 1.165) is 18.8 Å². The Hall–Kier alpha value is -1.00. The number of para-hydroxylation sites is 1. The summed E-state index contributed by atoms with van der Waals surface area (Å²) in [5.41, 5.74) is 1.06. The number of benzene rings is 1. The average Bonchev–Trinajstić information content (AvgIpc) is 2.27. The quantitative estimate of drug-likeness (QED) is 0.798. The summed E-state index contributed by atoms with van der Waals surface area (Å²) in [5.74, 6) is 0.773. The molecule has 0 bridgehead atoms. The topological polar surface area (TPSA) is 23.6 Å². The maximum atomic E-state index is 11.9. The highest BCUT2D eigenvalue weighted by Gasteiger charge is 2.23. The van der Waals surface area contributed by atoms with Gasteiger partial charge in [-0.2, -0.15) is 0 Å². The van der Waals surface area contributed by atoms with Crippen LogP contribution in [0.1, 0.15) is 0 Å². The molecule has 2 rings (SSSR count). The Labute approximate surface area is 100 Å². The molecule has 86 valence electrons. The zero-order valence-corrected chi connectivity index (χ0v) is 10.5. The molecule has 1 aromatic rings. The zero-order chi connectivity index (χ0) is 11.5. The Balaban J connectivity index is 2.19. The molecule has 4 heteroatoms. The summed E-state index contributed by atoms with van der Waals surface area (Å²) in [6.07, 6.45) is 0. The maximum Gasteiger partial charge on any atom is 0.237 e. The first-order valence-corrected chi connectivity index (χ1v) is 6.34. The highest BCUT2D eigenvalue weighted by atomic mass is 32.2. The van der Waals surface area contributed by atoms with Crippen LogP contribution in [0, 0.1) is 0 Å². The highest BCUT2D eigenvalue weighted by molar-refractivity contribution is 8.00. The maximum absolute atomic E-state index is 11.9. The standard InChI is InChI=1S/C12H16N2OS/c1-13(2)7-8-14-10-5-3-4-6-11(10)16-9-12(14)15/h3-6H,7-9H2,1-2H3. The number of nitrogens with zero attached hydrogens (tertiary/aromatic N) is 2. The number of hydrogen-bond donors (Lipinski definition) is 0. The first kappa shape index (κ1) is 11.5. The fourth-order valence-corrected chi connectivity index (χ4v) is 2.63. The third-order valence-electron chi connectivity index (χ3n) is 2.58. The second-order valence-corrected chi connectivity index (χ2v) is 5.12. The van der Waals surface area contributed by atoms with Gasteiger partial charge in [-0.05, 0) is 26.2 Å². The number of hydrogen-bond acceptors (Lipinski definition) is 3. The summed E-state index contributed by atoms with van der Waals surface area (Å²) in [6, 6.07) is 8.11. The van der Waals surface area contributed by atoms with Gasteiger partial charge in [-0.25, -0.2) is 0 Å². The number of carbonyl (C=O) groups excluding carboxylic acids is 1. The van der Waals surface area contributed by atoms with E-state index in [4.69, 9.17) is 0 Å². The van der Waals surface area contributed by atoms with Crippen LogP contribution in [0.2, 0.25) is 0 Å². The number of amides is 1. The fourth-order valence-electron chi connectivity index (χ4n) is 1.70. The first-order chi connectivity index (χ1) is 7.68. The second-order valence-electron chi connectivity index (χ2n) is 4.11. The van der Waals surface area contributed by atoms with Crippen molar-refractivity contribution < 1.29 is 4.79 Å². The zero-order valence-electron chi connectivity index (χ0n) is 9.64. The van der Waals surface area contributed by atoms with Gasteiger partial charge in [0.25, 0.3) is 0 Å². The van der Waals surface area contributed by atoms with E-state index in [1.165, 1.54) is 4.90 Å². The van der Waals surface area contributed by atoms with Crippen LogP contribution in [-0.4, -0.2) is 43.7 Å². The molecule has 0 saturated carbocycles. The van der Waals surface area contributed by atoms with Crippen LogP contribution in [0.25, 0.3) is 0 Å². The molecule has 0 radical (unpaired) electrons. The smallest absolute Gasteiger partial charge is 0.237 e. The third-order valence-corrected chi connectivity index (χ3v) is 3.63. The highest BCUT2D eigenvalue weighted by Crippen LogP contribution is 2.34. The molecule has 0 saturated heterocycles. The van der Waals surface area contributed by atoms with Crippen molar-refractivity contribution in [3.8, 4) is 0 Å². The van der Waals surface area contributed by atoms with Crippen molar-refractivity contribution in [2.75, 3.05) is 37.8 Å². The molecule has 0 unspecified atom stereocenters. The summed E-state index contributed by atoms with van der Waals surface area (Å²) in [4.78, 5) is 17.1. The van der Waals surface area contributed by atoms with Crippen LogP contribution in [0.4, 0.5) is 5.69 Å². The third kappa shape index (κ3) is 2.39. The van der Waals surface area contributed by atoms with Crippen LogP contribution < -0.4 is 4.90 Å². The van der Waals surface area contributed by atoms with E-state index in [0.29, 0.717) is 5.75 Å². The molecule has 1 aromatic carbocycles. The number of anilines is 1. The van der Waals surface area contributed by atoms with Crippen molar-refractivity contribution in [3.63, 3.8) is 0 Å². The van der Waals surface area contributed by atoms with E-state index in [9.17, 15) is 4.79 Å². The van der Waals surface area contributed by atoms with Crippen LogP contribution >= 0.6 is 11.8 Å². The van der Waals surface area contributed by atoms with E-state index in [-0.39, 0.29) is 5.91 Å². The largest absolute Gasteiger partial charge is 0.309 e. The van der Waals surface area contributed by atoms with Crippen molar-refractivity contribution in [3.05, 3.63) is 24.3 Å². The Morgan fingerprint density at radius 3 is 2.88 bits per heavy atom. The van der Waals surface area contributed by atoms with Gasteiger partial charge in [0.15, 0.2) is 0 Å².